The molecule has 1 fully saturated rings. The number of hydrogen-bond acceptors (Lipinski definition) is 7. The summed E-state index contributed by atoms with van der Waals surface area (Å²) in [6.07, 6.45) is 5.95. The Labute approximate surface area is 229 Å². The fourth-order valence-electron chi connectivity index (χ4n) is 4.89. The van der Waals surface area contributed by atoms with Gasteiger partial charge in [0.2, 0.25) is 0 Å². The molecule has 0 saturated carbocycles. The van der Waals surface area contributed by atoms with Gasteiger partial charge in [-0.2, -0.15) is 0 Å². The Morgan fingerprint density at radius 2 is 1.85 bits per heavy atom. The standard InChI is InChI=1S/C30H38N6O3/c1-4-35-15-17-36(18-16-35)14-11-23-5-7-26(8-6-23)34-22(3)28-24(9-13-32-29(28)37)19-21(2)33-27-20-25(30(38)39)10-12-31-27/h5-10,12-13,19-20,22,34H,4,11,14-18H2,1-3H3,(H,31,33)(H,32,37)(H,38,39)/b21-19+. The molecule has 1 atom stereocenters. The van der Waals surface area contributed by atoms with Crippen LogP contribution in [0.3, 0.4) is 0 Å². The summed E-state index contributed by atoms with van der Waals surface area (Å²) >= 11 is 0. The first-order valence-electron chi connectivity index (χ1n) is 13.5. The van der Waals surface area contributed by atoms with Crippen molar-refractivity contribution >= 4 is 23.6 Å². The van der Waals surface area contributed by atoms with Crippen molar-refractivity contribution < 1.29 is 9.90 Å². The molecule has 0 spiro atoms. The number of benzene rings is 1. The van der Waals surface area contributed by atoms with Gasteiger partial charge >= 0.3 is 5.97 Å². The van der Waals surface area contributed by atoms with E-state index in [-0.39, 0.29) is 17.2 Å². The summed E-state index contributed by atoms with van der Waals surface area (Å²) in [5, 5.41) is 15.8. The number of nitrogens with one attached hydrogen (secondary N) is 3. The quantitative estimate of drug-likeness (QED) is 0.290. The Hall–Kier alpha value is -3.95. The fourth-order valence-corrected chi connectivity index (χ4v) is 4.89. The average Bonchev–Trinajstić information content (AvgIpc) is 2.93. The maximum Gasteiger partial charge on any atom is 0.335 e. The van der Waals surface area contributed by atoms with Crippen LogP contribution in [0.4, 0.5) is 11.5 Å². The zero-order valence-electron chi connectivity index (χ0n) is 22.9. The molecule has 0 aliphatic carbocycles. The highest BCUT2D eigenvalue weighted by molar-refractivity contribution is 5.88. The maximum atomic E-state index is 12.8. The summed E-state index contributed by atoms with van der Waals surface area (Å²) in [5.74, 6) is -0.595. The molecule has 206 valence electrons. The van der Waals surface area contributed by atoms with E-state index in [9.17, 15) is 14.7 Å². The van der Waals surface area contributed by atoms with Crippen molar-refractivity contribution in [3.8, 4) is 0 Å². The molecule has 0 radical (unpaired) electrons. The van der Waals surface area contributed by atoms with Crippen LogP contribution < -0.4 is 16.2 Å². The number of likely N-dealkylation sites (N-methyl/N-ethyl adjacent to an activating group) is 1. The molecular formula is C30H38N6O3. The van der Waals surface area contributed by atoms with Crippen LogP contribution in [0, 0.1) is 0 Å². The van der Waals surface area contributed by atoms with Crippen molar-refractivity contribution in [3.05, 3.63) is 93.2 Å². The molecule has 1 aliphatic heterocycles. The van der Waals surface area contributed by atoms with Crippen molar-refractivity contribution in [2.24, 2.45) is 0 Å². The predicted molar refractivity (Wildman–Crippen MR) is 156 cm³/mol. The second kappa shape index (κ2) is 13.2. The van der Waals surface area contributed by atoms with Crippen molar-refractivity contribution in [2.75, 3.05) is 49.9 Å². The van der Waals surface area contributed by atoms with Gasteiger partial charge in [0.1, 0.15) is 5.82 Å². The number of anilines is 2. The van der Waals surface area contributed by atoms with E-state index < -0.39 is 5.97 Å². The smallest absolute Gasteiger partial charge is 0.335 e. The van der Waals surface area contributed by atoms with Gasteiger partial charge in [-0.1, -0.05) is 19.1 Å². The van der Waals surface area contributed by atoms with Gasteiger partial charge < -0.3 is 30.5 Å². The molecule has 9 nitrogen and oxygen atoms in total. The minimum Gasteiger partial charge on any atom is -0.478 e. The average molecular weight is 531 g/mol. The largest absolute Gasteiger partial charge is 0.478 e. The summed E-state index contributed by atoms with van der Waals surface area (Å²) in [6, 6.07) is 13.0. The minimum absolute atomic E-state index is 0.149. The molecule has 4 N–H and O–H groups in total. The van der Waals surface area contributed by atoms with Crippen molar-refractivity contribution in [1.29, 1.82) is 0 Å². The van der Waals surface area contributed by atoms with E-state index in [0.717, 1.165) is 62.6 Å². The topological polar surface area (TPSA) is 114 Å². The van der Waals surface area contributed by atoms with Gasteiger partial charge in [-0.15, -0.1) is 0 Å². The lowest BCUT2D eigenvalue weighted by Crippen LogP contribution is -2.46. The first kappa shape index (κ1) is 28.1. The van der Waals surface area contributed by atoms with Gasteiger partial charge in [-0.3, -0.25) is 4.79 Å². The number of nitrogens with zero attached hydrogens (tertiary/aromatic N) is 3. The molecule has 3 heterocycles. The van der Waals surface area contributed by atoms with Crippen LogP contribution in [0.2, 0.25) is 0 Å². The summed E-state index contributed by atoms with van der Waals surface area (Å²) < 4.78 is 0. The first-order valence-corrected chi connectivity index (χ1v) is 13.5. The molecule has 1 saturated heterocycles. The Morgan fingerprint density at radius 1 is 1.13 bits per heavy atom. The molecule has 0 bridgehead atoms. The SMILES string of the molecule is CCN1CCN(CCc2ccc(NC(C)c3c(/C=C(\C)Nc4cc(C(=O)O)ccn4)cc[nH]c3=O)cc2)CC1. The van der Waals surface area contributed by atoms with E-state index in [1.807, 2.05) is 26.0 Å². The number of hydrogen-bond donors (Lipinski definition) is 4. The second-order valence-electron chi connectivity index (χ2n) is 9.95. The molecular weight excluding hydrogens is 492 g/mol. The number of rotatable bonds is 11. The Morgan fingerprint density at radius 3 is 2.54 bits per heavy atom. The lowest BCUT2D eigenvalue weighted by atomic mass is 10.0. The Kier molecular flexibility index (Phi) is 9.51. The summed E-state index contributed by atoms with van der Waals surface area (Å²) in [4.78, 5) is 36.1. The van der Waals surface area contributed by atoms with Crippen LogP contribution in [0.15, 0.2) is 65.3 Å². The van der Waals surface area contributed by atoms with E-state index in [1.165, 1.54) is 23.9 Å². The second-order valence-corrected chi connectivity index (χ2v) is 9.95. The van der Waals surface area contributed by atoms with Gasteiger partial charge in [0.25, 0.3) is 5.56 Å². The number of aromatic amines is 1. The number of carbonyl (C=O) groups is 1. The van der Waals surface area contributed by atoms with Crippen molar-refractivity contribution in [1.82, 2.24) is 19.8 Å². The normalized spacial score (nSPS) is 15.6. The van der Waals surface area contributed by atoms with Crippen LogP contribution >= 0.6 is 0 Å². The van der Waals surface area contributed by atoms with Crippen LogP contribution in [0.25, 0.3) is 6.08 Å². The lowest BCUT2D eigenvalue weighted by molar-refractivity contribution is 0.0697. The predicted octanol–water partition coefficient (Wildman–Crippen LogP) is 4.29. The van der Waals surface area contributed by atoms with Crippen LogP contribution in [0.1, 0.15) is 53.9 Å². The Bertz CT molecular complexity index is 1340. The van der Waals surface area contributed by atoms with E-state index in [4.69, 9.17) is 0 Å². The number of allylic oxidation sites excluding steroid dienone is 1. The summed E-state index contributed by atoms with van der Waals surface area (Å²) in [7, 11) is 0. The van der Waals surface area contributed by atoms with Gasteiger partial charge in [0.15, 0.2) is 0 Å². The molecule has 1 aromatic carbocycles. The molecule has 3 aromatic rings. The molecule has 1 aliphatic rings. The Balaban J connectivity index is 1.39. The van der Waals surface area contributed by atoms with Crippen LogP contribution in [0.5, 0.6) is 0 Å². The van der Waals surface area contributed by atoms with E-state index in [0.29, 0.717) is 11.4 Å². The maximum absolute atomic E-state index is 12.8. The lowest BCUT2D eigenvalue weighted by Gasteiger charge is -2.34. The number of piperazine rings is 1. The van der Waals surface area contributed by atoms with E-state index in [1.54, 1.807) is 6.20 Å². The molecule has 0 amide bonds. The van der Waals surface area contributed by atoms with Crippen LogP contribution in [-0.2, 0) is 6.42 Å². The zero-order chi connectivity index (χ0) is 27.8. The summed E-state index contributed by atoms with van der Waals surface area (Å²) in [6.45, 7) is 12.8. The summed E-state index contributed by atoms with van der Waals surface area (Å²) in [5.41, 5.74) is 4.34. The van der Waals surface area contributed by atoms with E-state index in [2.05, 4.69) is 61.6 Å². The van der Waals surface area contributed by atoms with E-state index >= 15 is 0 Å². The van der Waals surface area contributed by atoms with Crippen LogP contribution in [-0.4, -0.2) is 70.1 Å². The third-order valence-corrected chi connectivity index (χ3v) is 7.14. The monoisotopic (exact) mass is 530 g/mol. The minimum atomic E-state index is -1.02. The van der Waals surface area contributed by atoms with Gasteiger partial charge in [0.05, 0.1) is 11.6 Å². The molecule has 1 unspecified atom stereocenters. The number of carboxylic acids is 1. The number of carboxylic acid groups (broad SMARTS) is 1. The molecule has 39 heavy (non-hydrogen) atoms. The number of pyridine rings is 2. The highest BCUT2D eigenvalue weighted by atomic mass is 16.4. The molecule has 2 aromatic heterocycles. The number of H-pyrrole nitrogens is 1. The highest BCUT2D eigenvalue weighted by Gasteiger charge is 2.16. The third-order valence-electron chi connectivity index (χ3n) is 7.14. The fraction of sp³-hybridized carbons (Fsp3) is 0.367. The third kappa shape index (κ3) is 7.78. The van der Waals surface area contributed by atoms with Crippen molar-refractivity contribution in [3.63, 3.8) is 0 Å². The molecule has 9 heteroatoms. The van der Waals surface area contributed by atoms with Gasteiger partial charge in [-0.25, -0.2) is 9.78 Å². The number of aromatic carboxylic acids is 1. The first-order chi connectivity index (χ1) is 18.8. The van der Waals surface area contributed by atoms with Crippen molar-refractivity contribution in [2.45, 2.75) is 33.2 Å². The highest BCUT2D eigenvalue weighted by Crippen LogP contribution is 2.22. The van der Waals surface area contributed by atoms with Gasteiger partial charge in [0, 0.05) is 62.1 Å². The number of aromatic nitrogens is 2. The zero-order valence-corrected chi connectivity index (χ0v) is 22.9. The molecule has 4 rings (SSSR count). The van der Waals surface area contributed by atoms with Gasteiger partial charge in [-0.05, 0) is 74.3 Å².